The molecule has 0 atom stereocenters. The number of nitrogens with one attached hydrogen (secondary N) is 2. The SMILES string of the molecule is O=C(NC1CCN(C(=O)NC2CCCC2)CC1)Oc1ccccc1. The summed E-state index contributed by atoms with van der Waals surface area (Å²) in [4.78, 5) is 26.0. The summed E-state index contributed by atoms with van der Waals surface area (Å²) >= 11 is 0. The van der Waals surface area contributed by atoms with E-state index in [1.54, 1.807) is 12.1 Å². The van der Waals surface area contributed by atoms with E-state index in [4.69, 9.17) is 4.74 Å². The summed E-state index contributed by atoms with van der Waals surface area (Å²) in [5.41, 5.74) is 0. The molecule has 0 spiro atoms. The third-order valence-electron chi connectivity index (χ3n) is 4.74. The van der Waals surface area contributed by atoms with Crippen LogP contribution in [0.5, 0.6) is 5.75 Å². The summed E-state index contributed by atoms with van der Waals surface area (Å²) < 4.78 is 5.24. The summed E-state index contributed by atoms with van der Waals surface area (Å²) in [5, 5.41) is 5.99. The van der Waals surface area contributed by atoms with Gasteiger partial charge in [-0.3, -0.25) is 0 Å². The van der Waals surface area contributed by atoms with E-state index in [2.05, 4.69) is 10.6 Å². The number of rotatable bonds is 3. The fraction of sp³-hybridized carbons (Fsp3) is 0.556. The number of benzene rings is 1. The Morgan fingerprint density at radius 3 is 2.21 bits per heavy atom. The molecule has 6 nitrogen and oxygen atoms in total. The molecule has 1 aliphatic heterocycles. The highest BCUT2D eigenvalue weighted by Crippen LogP contribution is 2.19. The lowest BCUT2D eigenvalue weighted by Crippen LogP contribution is -2.51. The molecule has 1 heterocycles. The van der Waals surface area contributed by atoms with Crippen LogP contribution in [0.15, 0.2) is 30.3 Å². The lowest BCUT2D eigenvalue weighted by molar-refractivity contribution is 0.166. The van der Waals surface area contributed by atoms with Crippen LogP contribution in [0, 0.1) is 0 Å². The van der Waals surface area contributed by atoms with Gasteiger partial charge < -0.3 is 20.3 Å². The maximum atomic E-state index is 12.2. The fourth-order valence-electron chi connectivity index (χ4n) is 3.35. The molecule has 1 saturated heterocycles. The highest BCUT2D eigenvalue weighted by Gasteiger charge is 2.26. The van der Waals surface area contributed by atoms with E-state index < -0.39 is 6.09 Å². The summed E-state index contributed by atoms with van der Waals surface area (Å²) in [6, 6.07) is 9.44. The number of likely N-dealkylation sites (tertiary alicyclic amines) is 1. The molecular formula is C18H25N3O3. The Bertz CT molecular complexity index is 550. The van der Waals surface area contributed by atoms with Gasteiger partial charge in [0.05, 0.1) is 0 Å². The van der Waals surface area contributed by atoms with Gasteiger partial charge >= 0.3 is 12.1 Å². The Morgan fingerprint density at radius 2 is 1.54 bits per heavy atom. The van der Waals surface area contributed by atoms with Crippen LogP contribution in [-0.2, 0) is 0 Å². The minimum absolute atomic E-state index is 0.0345. The standard InChI is InChI=1S/C18H25N3O3/c22-17(19-14-6-4-5-7-14)21-12-10-15(11-13-21)20-18(23)24-16-8-2-1-3-9-16/h1-3,8-9,14-15H,4-7,10-13H2,(H,19,22)(H,20,23). The molecule has 24 heavy (non-hydrogen) atoms. The second-order valence-electron chi connectivity index (χ2n) is 6.54. The van der Waals surface area contributed by atoms with Crippen molar-refractivity contribution in [1.82, 2.24) is 15.5 Å². The van der Waals surface area contributed by atoms with Gasteiger partial charge in [-0.2, -0.15) is 0 Å². The minimum Gasteiger partial charge on any atom is -0.410 e. The topological polar surface area (TPSA) is 70.7 Å². The average molecular weight is 331 g/mol. The summed E-state index contributed by atoms with van der Waals surface area (Å²) in [5.74, 6) is 0.531. The number of ether oxygens (including phenoxy) is 1. The van der Waals surface area contributed by atoms with Crippen molar-refractivity contribution >= 4 is 12.1 Å². The van der Waals surface area contributed by atoms with Crippen molar-refractivity contribution in [1.29, 1.82) is 0 Å². The Balaban J connectivity index is 1.38. The first-order valence-corrected chi connectivity index (χ1v) is 8.79. The van der Waals surface area contributed by atoms with Crippen molar-refractivity contribution in [3.05, 3.63) is 30.3 Å². The van der Waals surface area contributed by atoms with E-state index >= 15 is 0 Å². The molecule has 0 unspecified atom stereocenters. The number of carbonyl (C=O) groups excluding carboxylic acids is 2. The Kier molecular flexibility index (Phi) is 5.56. The number of piperidine rings is 1. The Labute approximate surface area is 142 Å². The zero-order valence-corrected chi connectivity index (χ0v) is 13.9. The van der Waals surface area contributed by atoms with Gasteiger partial charge in [-0.05, 0) is 37.8 Å². The third-order valence-corrected chi connectivity index (χ3v) is 4.74. The maximum Gasteiger partial charge on any atom is 0.412 e. The molecule has 1 aromatic rings. The van der Waals surface area contributed by atoms with Gasteiger partial charge in [0.1, 0.15) is 5.75 Å². The van der Waals surface area contributed by atoms with Crippen LogP contribution in [0.25, 0.3) is 0 Å². The number of amides is 3. The van der Waals surface area contributed by atoms with Crippen LogP contribution in [0.1, 0.15) is 38.5 Å². The predicted molar refractivity (Wildman–Crippen MR) is 91.0 cm³/mol. The predicted octanol–water partition coefficient (Wildman–Crippen LogP) is 2.89. The van der Waals surface area contributed by atoms with Crippen molar-refractivity contribution < 1.29 is 14.3 Å². The van der Waals surface area contributed by atoms with Crippen molar-refractivity contribution in [2.75, 3.05) is 13.1 Å². The number of urea groups is 1. The zero-order valence-electron chi connectivity index (χ0n) is 13.9. The van der Waals surface area contributed by atoms with Gasteiger partial charge in [0.15, 0.2) is 0 Å². The molecule has 2 aliphatic rings. The van der Waals surface area contributed by atoms with Crippen molar-refractivity contribution in [2.45, 2.75) is 50.6 Å². The first-order chi connectivity index (χ1) is 11.7. The largest absolute Gasteiger partial charge is 0.412 e. The summed E-state index contributed by atoms with van der Waals surface area (Å²) in [6.07, 6.45) is 5.67. The molecule has 1 saturated carbocycles. The van der Waals surface area contributed by atoms with Crippen LogP contribution in [0.2, 0.25) is 0 Å². The molecule has 0 radical (unpaired) electrons. The maximum absolute atomic E-state index is 12.2. The van der Waals surface area contributed by atoms with Crippen LogP contribution in [0.3, 0.4) is 0 Å². The first-order valence-electron chi connectivity index (χ1n) is 8.79. The quantitative estimate of drug-likeness (QED) is 0.895. The van der Waals surface area contributed by atoms with Crippen LogP contribution in [-0.4, -0.2) is 42.2 Å². The molecule has 0 bridgehead atoms. The monoisotopic (exact) mass is 331 g/mol. The van der Waals surface area contributed by atoms with Gasteiger partial charge in [-0.15, -0.1) is 0 Å². The molecule has 1 aliphatic carbocycles. The minimum atomic E-state index is -0.435. The summed E-state index contributed by atoms with van der Waals surface area (Å²) in [6.45, 7) is 1.32. The first kappa shape index (κ1) is 16.6. The molecular weight excluding hydrogens is 306 g/mol. The van der Waals surface area contributed by atoms with Crippen molar-refractivity contribution in [2.24, 2.45) is 0 Å². The molecule has 0 aromatic heterocycles. The van der Waals surface area contributed by atoms with E-state index in [0.29, 0.717) is 24.9 Å². The van der Waals surface area contributed by atoms with E-state index in [9.17, 15) is 9.59 Å². The molecule has 3 amide bonds. The fourth-order valence-corrected chi connectivity index (χ4v) is 3.35. The normalized spacial score (nSPS) is 19.1. The molecule has 2 N–H and O–H groups in total. The molecule has 1 aromatic carbocycles. The van der Waals surface area contributed by atoms with Gasteiger partial charge in [-0.25, -0.2) is 9.59 Å². The number of hydrogen-bond donors (Lipinski definition) is 2. The molecule has 130 valence electrons. The number of para-hydroxylation sites is 1. The zero-order chi connectivity index (χ0) is 16.8. The van der Waals surface area contributed by atoms with Gasteiger partial charge in [-0.1, -0.05) is 31.0 Å². The molecule has 6 heteroatoms. The molecule has 3 rings (SSSR count). The third kappa shape index (κ3) is 4.63. The van der Waals surface area contributed by atoms with Crippen LogP contribution < -0.4 is 15.4 Å². The van der Waals surface area contributed by atoms with Crippen molar-refractivity contribution in [3.8, 4) is 5.75 Å². The van der Waals surface area contributed by atoms with Crippen LogP contribution in [0.4, 0.5) is 9.59 Å². The van der Waals surface area contributed by atoms with Crippen LogP contribution >= 0.6 is 0 Å². The lowest BCUT2D eigenvalue weighted by Gasteiger charge is -2.33. The smallest absolute Gasteiger partial charge is 0.410 e. The van der Waals surface area contributed by atoms with E-state index in [1.165, 1.54) is 12.8 Å². The second kappa shape index (κ2) is 8.04. The Morgan fingerprint density at radius 1 is 0.917 bits per heavy atom. The Hall–Kier alpha value is -2.24. The van der Waals surface area contributed by atoms with Crippen molar-refractivity contribution in [3.63, 3.8) is 0 Å². The van der Waals surface area contributed by atoms with E-state index in [-0.39, 0.29) is 12.1 Å². The highest BCUT2D eigenvalue weighted by atomic mass is 16.6. The van der Waals surface area contributed by atoms with E-state index in [0.717, 1.165) is 25.7 Å². The van der Waals surface area contributed by atoms with Gasteiger partial charge in [0.2, 0.25) is 0 Å². The number of carbonyl (C=O) groups is 2. The second-order valence-corrected chi connectivity index (χ2v) is 6.54. The summed E-state index contributed by atoms with van der Waals surface area (Å²) in [7, 11) is 0. The van der Waals surface area contributed by atoms with E-state index in [1.807, 2.05) is 23.1 Å². The average Bonchev–Trinajstić information content (AvgIpc) is 3.09. The highest BCUT2D eigenvalue weighted by molar-refractivity contribution is 5.75. The number of hydrogen-bond acceptors (Lipinski definition) is 3. The van der Waals surface area contributed by atoms with Gasteiger partial charge in [0, 0.05) is 25.2 Å². The molecule has 2 fully saturated rings. The lowest BCUT2D eigenvalue weighted by atomic mass is 10.1. The number of nitrogens with zero attached hydrogens (tertiary/aromatic N) is 1. The van der Waals surface area contributed by atoms with Gasteiger partial charge in [0.25, 0.3) is 0 Å².